The van der Waals surface area contributed by atoms with Gasteiger partial charge in [-0.1, -0.05) is 35.3 Å². The van der Waals surface area contributed by atoms with Crippen molar-refractivity contribution in [1.29, 1.82) is 0 Å². The van der Waals surface area contributed by atoms with Crippen molar-refractivity contribution >= 4 is 39.9 Å². The smallest absolute Gasteiger partial charge is 0.245 e. The summed E-state index contributed by atoms with van der Waals surface area (Å²) in [6.45, 7) is 0.410. The summed E-state index contributed by atoms with van der Waals surface area (Å²) in [5, 5.41) is 11.4. The zero-order valence-corrected chi connectivity index (χ0v) is 17.9. The number of hydrogen-bond acceptors (Lipinski definition) is 6. The summed E-state index contributed by atoms with van der Waals surface area (Å²) in [4.78, 5) is 25.5. The number of benzene rings is 2. The average Bonchev–Trinajstić information content (AvgIpc) is 3.39. The van der Waals surface area contributed by atoms with Crippen LogP contribution in [0.15, 0.2) is 71.7 Å². The number of aromatic nitrogens is 4. The fourth-order valence-corrected chi connectivity index (χ4v) is 3.96. The molecule has 0 aliphatic heterocycles. The molecule has 0 unspecified atom stereocenters. The van der Waals surface area contributed by atoms with Gasteiger partial charge in [0.2, 0.25) is 11.7 Å². The van der Waals surface area contributed by atoms with Crippen LogP contribution in [0.25, 0.3) is 22.5 Å². The molecular weight excluding hydrogens is 451 g/mol. The Labute approximate surface area is 191 Å². The van der Waals surface area contributed by atoms with Gasteiger partial charge in [-0.25, -0.2) is 15.0 Å². The number of carbonyl (C=O) groups excluding carboxylic acids is 1. The van der Waals surface area contributed by atoms with Crippen LogP contribution >= 0.6 is 23.2 Å². The minimum Gasteiger partial charge on any atom is -0.508 e. The molecule has 3 heterocycles. The van der Waals surface area contributed by atoms with E-state index in [1.807, 2.05) is 12.1 Å². The van der Waals surface area contributed by atoms with Crippen LogP contribution in [0.5, 0.6) is 5.75 Å². The third kappa shape index (κ3) is 3.62. The van der Waals surface area contributed by atoms with Crippen molar-refractivity contribution in [2.45, 2.75) is 6.54 Å². The Morgan fingerprint density at radius 3 is 2.62 bits per heavy atom. The molecule has 0 bridgehead atoms. The van der Waals surface area contributed by atoms with Gasteiger partial charge in [0.15, 0.2) is 5.76 Å². The first-order chi connectivity index (χ1) is 15.5. The maximum atomic E-state index is 13.4. The molecule has 5 aromatic rings. The fourth-order valence-electron chi connectivity index (χ4n) is 3.49. The van der Waals surface area contributed by atoms with Gasteiger partial charge in [0, 0.05) is 23.2 Å². The standard InChI is InChI=1S/C23H14Cl2N4O3/c24-14-3-1-13(2-4-14)11-29-18-6-5-15(30)9-16(18)20(22(29)25)21(31)19-10-27-23(32-19)17-7-8-26-12-28-17/h1-10,12,30H,11H2. The number of nitrogens with zero attached hydrogens (tertiary/aromatic N) is 4. The molecule has 9 heteroatoms. The highest BCUT2D eigenvalue weighted by molar-refractivity contribution is 6.37. The molecule has 7 nitrogen and oxygen atoms in total. The number of fused-ring (bicyclic) bond motifs is 1. The first-order valence-electron chi connectivity index (χ1n) is 9.53. The van der Waals surface area contributed by atoms with E-state index >= 15 is 0 Å². The van der Waals surface area contributed by atoms with Gasteiger partial charge in [-0.2, -0.15) is 0 Å². The quantitative estimate of drug-likeness (QED) is 0.351. The number of hydrogen-bond donors (Lipinski definition) is 1. The molecule has 0 amide bonds. The van der Waals surface area contributed by atoms with E-state index in [-0.39, 0.29) is 28.1 Å². The third-order valence-corrected chi connectivity index (χ3v) is 5.64. The predicted molar refractivity (Wildman–Crippen MR) is 120 cm³/mol. The van der Waals surface area contributed by atoms with E-state index in [2.05, 4.69) is 15.0 Å². The van der Waals surface area contributed by atoms with Crippen molar-refractivity contribution in [2.24, 2.45) is 0 Å². The number of phenolic OH excluding ortho intramolecular Hbond substituents is 1. The molecule has 0 fully saturated rings. The lowest BCUT2D eigenvalue weighted by molar-refractivity contribution is 0.101. The Kier molecular flexibility index (Phi) is 5.13. The van der Waals surface area contributed by atoms with Gasteiger partial charge in [-0.05, 0) is 42.0 Å². The zero-order valence-electron chi connectivity index (χ0n) is 16.4. The Balaban J connectivity index is 1.60. The van der Waals surface area contributed by atoms with E-state index in [4.69, 9.17) is 27.6 Å². The summed E-state index contributed by atoms with van der Waals surface area (Å²) < 4.78 is 7.46. The van der Waals surface area contributed by atoms with Crippen molar-refractivity contribution in [1.82, 2.24) is 19.5 Å². The van der Waals surface area contributed by atoms with Crippen molar-refractivity contribution in [2.75, 3.05) is 0 Å². The highest BCUT2D eigenvalue weighted by Crippen LogP contribution is 2.35. The van der Waals surface area contributed by atoms with Crippen molar-refractivity contribution in [3.05, 3.63) is 94.3 Å². The maximum Gasteiger partial charge on any atom is 0.245 e. The molecule has 0 atom stereocenters. The highest BCUT2D eigenvalue weighted by Gasteiger charge is 2.26. The average molecular weight is 465 g/mol. The molecule has 0 aliphatic carbocycles. The van der Waals surface area contributed by atoms with Gasteiger partial charge in [-0.3, -0.25) is 4.79 Å². The van der Waals surface area contributed by atoms with Crippen molar-refractivity contribution < 1.29 is 14.3 Å². The second-order valence-electron chi connectivity index (χ2n) is 7.03. The highest BCUT2D eigenvalue weighted by atomic mass is 35.5. The molecular formula is C23H14Cl2N4O3. The molecule has 1 N–H and O–H groups in total. The van der Waals surface area contributed by atoms with Crippen LogP contribution in [0.1, 0.15) is 21.7 Å². The molecule has 5 rings (SSSR count). The predicted octanol–water partition coefficient (Wildman–Crippen LogP) is 5.38. The summed E-state index contributed by atoms with van der Waals surface area (Å²) in [6, 6.07) is 13.8. The van der Waals surface area contributed by atoms with Crippen LogP contribution < -0.4 is 0 Å². The van der Waals surface area contributed by atoms with Crippen LogP contribution in [-0.4, -0.2) is 30.4 Å². The lowest BCUT2D eigenvalue weighted by Crippen LogP contribution is -2.03. The van der Waals surface area contributed by atoms with Crippen LogP contribution in [0.2, 0.25) is 10.2 Å². The summed E-state index contributed by atoms with van der Waals surface area (Å²) in [5.74, 6) is -0.228. The number of phenols is 1. The molecule has 0 radical (unpaired) electrons. The van der Waals surface area contributed by atoms with Gasteiger partial charge in [0.25, 0.3) is 0 Å². The van der Waals surface area contributed by atoms with Gasteiger partial charge >= 0.3 is 0 Å². The first kappa shape index (κ1) is 20.2. The first-order valence-corrected chi connectivity index (χ1v) is 10.3. The second kappa shape index (κ2) is 8.11. The molecule has 2 aromatic carbocycles. The van der Waals surface area contributed by atoms with Crippen LogP contribution in [-0.2, 0) is 6.54 Å². The van der Waals surface area contributed by atoms with Gasteiger partial charge < -0.3 is 14.1 Å². The Morgan fingerprint density at radius 1 is 1.06 bits per heavy atom. The molecule has 0 spiro atoms. The van der Waals surface area contributed by atoms with Crippen LogP contribution in [0.3, 0.4) is 0 Å². The van der Waals surface area contributed by atoms with Gasteiger partial charge in [0.1, 0.15) is 22.9 Å². The molecule has 158 valence electrons. The molecule has 0 aliphatic rings. The third-order valence-electron chi connectivity index (χ3n) is 5.00. The zero-order chi connectivity index (χ0) is 22.2. The van der Waals surface area contributed by atoms with E-state index < -0.39 is 5.78 Å². The van der Waals surface area contributed by atoms with Crippen LogP contribution in [0, 0.1) is 0 Å². The minimum absolute atomic E-state index is 0.00870. The normalized spacial score (nSPS) is 11.2. The maximum absolute atomic E-state index is 13.4. The minimum atomic E-state index is -0.451. The monoisotopic (exact) mass is 464 g/mol. The summed E-state index contributed by atoms with van der Waals surface area (Å²) in [6.07, 6.45) is 4.25. The summed E-state index contributed by atoms with van der Waals surface area (Å²) in [7, 11) is 0. The Morgan fingerprint density at radius 2 is 1.88 bits per heavy atom. The Hall–Kier alpha value is -3.68. The SMILES string of the molecule is O=C(c1cnc(-c2ccncn2)o1)c1c(Cl)n(Cc2ccc(Cl)cc2)c2ccc(O)cc12. The number of ketones is 1. The van der Waals surface area contributed by atoms with E-state index in [1.54, 1.807) is 41.1 Å². The van der Waals surface area contributed by atoms with E-state index in [0.29, 0.717) is 28.2 Å². The lowest BCUT2D eigenvalue weighted by atomic mass is 10.1. The number of carbonyl (C=O) groups is 1. The van der Waals surface area contributed by atoms with Crippen molar-refractivity contribution in [3.63, 3.8) is 0 Å². The molecule has 0 saturated carbocycles. The van der Waals surface area contributed by atoms with E-state index in [0.717, 1.165) is 5.56 Å². The lowest BCUT2D eigenvalue weighted by Gasteiger charge is -2.08. The number of oxazole rings is 1. The molecule has 0 saturated heterocycles. The second-order valence-corrected chi connectivity index (χ2v) is 7.83. The number of halogens is 2. The summed E-state index contributed by atoms with van der Waals surface area (Å²) in [5.41, 5.74) is 2.32. The summed E-state index contributed by atoms with van der Waals surface area (Å²) >= 11 is 12.7. The molecule has 32 heavy (non-hydrogen) atoms. The van der Waals surface area contributed by atoms with E-state index in [9.17, 15) is 9.90 Å². The number of rotatable bonds is 5. The number of aromatic hydroxyl groups is 1. The molecule has 3 aromatic heterocycles. The topological polar surface area (TPSA) is 94.0 Å². The van der Waals surface area contributed by atoms with Crippen molar-refractivity contribution in [3.8, 4) is 17.3 Å². The largest absolute Gasteiger partial charge is 0.508 e. The van der Waals surface area contributed by atoms with Crippen LogP contribution in [0.4, 0.5) is 0 Å². The Bertz CT molecular complexity index is 1440. The fraction of sp³-hybridized carbons (Fsp3) is 0.0435. The van der Waals surface area contributed by atoms with Gasteiger partial charge in [-0.15, -0.1) is 0 Å². The van der Waals surface area contributed by atoms with Gasteiger partial charge in [0.05, 0.1) is 17.3 Å². The van der Waals surface area contributed by atoms with E-state index in [1.165, 1.54) is 18.6 Å².